The quantitative estimate of drug-likeness (QED) is 0.284. The molecule has 1 aliphatic rings. The zero-order valence-electron chi connectivity index (χ0n) is 18.6. The number of carbonyl (C=O) groups is 1. The summed E-state index contributed by atoms with van der Waals surface area (Å²) in [6, 6.07) is 14.1. The van der Waals surface area contributed by atoms with Gasteiger partial charge in [0.25, 0.3) is 0 Å². The Labute approximate surface area is 202 Å². The number of primary sulfonamides is 1. The smallest absolute Gasteiger partial charge is 0.238 e. The van der Waals surface area contributed by atoms with E-state index in [1.807, 2.05) is 24.3 Å². The van der Waals surface area contributed by atoms with Crippen LogP contribution in [0.3, 0.4) is 0 Å². The van der Waals surface area contributed by atoms with Crippen LogP contribution in [0.1, 0.15) is 18.4 Å². The zero-order valence-corrected chi connectivity index (χ0v) is 20.2. The van der Waals surface area contributed by atoms with E-state index in [0.29, 0.717) is 24.7 Å². The lowest BCUT2D eigenvalue weighted by molar-refractivity contribution is -0.118. The summed E-state index contributed by atoms with van der Waals surface area (Å²) in [6.07, 6.45) is 2.87. The minimum absolute atomic E-state index is 0.0664. The average Bonchev–Trinajstić information content (AvgIpc) is 3.35. The maximum atomic E-state index is 12.3. The highest BCUT2D eigenvalue weighted by atomic mass is 32.2. The van der Waals surface area contributed by atoms with Gasteiger partial charge in [0.2, 0.25) is 15.9 Å². The Morgan fingerprint density at radius 2 is 1.94 bits per heavy atom. The highest BCUT2D eigenvalue weighted by Crippen LogP contribution is 2.25. The van der Waals surface area contributed by atoms with E-state index >= 15 is 0 Å². The molecule has 0 saturated carbocycles. The molecule has 180 valence electrons. The number of nitrogens with one attached hydrogen (secondary N) is 2. The van der Waals surface area contributed by atoms with Crippen molar-refractivity contribution >= 4 is 44.4 Å². The topological polar surface area (TPSA) is 136 Å². The number of aromatic nitrogens is 2. The number of ether oxygens (including phenoxy) is 1. The lowest BCUT2D eigenvalue weighted by atomic mass is 10.1. The van der Waals surface area contributed by atoms with Gasteiger partial charge in [-0.05, 0) is 49.1 Å². The van der Waals surface area contributed by atoms with Gasteiger partial charge in [0.15, 0.2) is 5.16 Å². The summed E-state index contributed by atoms with van der Waals surface area (Å²) < 4.78 is 28.3. The second-order valence-corrected chi connectivity index (χ2v) is 10.5. The van der Waals surface area contributed by atoms with E-state index in [2.05, 4.69) is 20.6 Å². The van der Waals surface area contributed by atoms with Gasteiger partial charge in [0, 0.05) is 25.1 Å². The fraction of sp³-hybridized carbons (Fsp3) is 0.348. The summed E-state index contributed by atoms with van der Waals surface area (Å²) in [5.74, 6) is 0.803. The number of amides is 1. The second-order valence-electron chi connectivity index (χ2n) is 7.97. The predicted molar refractivity (Wildman–Crippen MR) is 132 cm³/mol. The Morgan fingerprint density at radius 1 is 1.15 bits per heavy atom. The van der Waals surface area contributed by atoms with Crippen molar-refractivity contribution in [1.82, 2.24) is 15.3 Å². The third-order valence-corrected chi connectivity index (χ3v) is 7.20. The molecule has 4 N–H and O–H groups in total. The molecular weight excluding hydrogens is 474 g/mol. The van der Waals surface area contributed by atoms with Crippen LogP contribution in [-0.2, 0) is 26.0 Å². The van der Waals surface area contributed by atoms with Gasteiger partial charge in [-0.3, -0.25) is 4.79 Å². The molecule has 1 atom stereocenters. The van der Waals surface area contributed by atoms with E-state index in [0.717, 1.165) is 41.7 Å². The second kappa shape index (κ2) is 11.1. The highest BCUT2D eigenvalue weighted by molar-refractivity contribution is 7.99. The fourth-order valence-corrected chi connectivity index (χ4v) is 4.84. The first-order valence-electron chi connectivity index (χ1n) is 11.0. The molecule has 0 bridgehead atoms. The fourth-order valence-electron chi connectivity index (χ4n) is 3.64. The molecule has 3 aromatic rings. The lowest BCUT2D eigenvalue weighted by Gasteiger charge is -2.14. The maximum absolute atomic E-state index is 12.3. The number of thioether (sulfide) groups is 1. The summed E-state index contributed by atoms with van der Waals surface area (Å²) >= 11 is 1.28. The van der Waals surface area contributed by atoms with Gasteiger partial charge < -0.3 is 15.4 Å². The van der Waals surface area contributed by atoms with Crippen molar-refractivity contribution in [3.8, 4) is 0 Å². The van der Waals surface area contributed by atoms with Gasteiger partial charge in [-0.15, -0.1) is 0 Å². The van der Waals surface area contributed by atoms with Crippen molar-refractivity contribution in [2.75, 3.05) is 30.8 Å². The molecule has 1 aliphatic heterocycles. The molecule has 2 aromatic carbocycles. The standard InChI is InChI=1S/C23H27N5O4S2/c24-34(30,31)18-9-7-16(8-10-18)11-12-25-21(29)15-33-23-27-20-6-2-1-5-19(20)22(28-23)26-14-17-4-3-13-32-17/h1-2,5-10,17H,3-4,11-15H2,(H,25,29)(H2,24,30,31)(H,26,27,28). The molecule has 0 aliphatic carbocycles. The molecule has 0 spiro atoms. The predicted octanol–water partition coefficient (Wildman–Crippen LogP) is 2.32. The van der Waals surface area contributed by atoms with Gasteiger partial charge in [0.1, 0.15) is 5.82 Å². The van der Waals surface area contributed by atoms with Crippen LogP contribution in [0.25, 0.3) is 10.9 Å². The molecule has 0 radical (unpaired) electrons. The number of para-hydroxylation sites is 1. The van der Waals surface area contributed by atoms with Crippen LogP contribution in [0.4, 0.5) is 5.82 Å². The van der Waals surface area contributed by atoms with Crippen LogP contribution in [0, 0.1) is 0 Å². The zero-order chi connectivity index (χ0) is 24.0. The maximum Gasteiger partial charge on any atom is 0.238 e. The number of carbonyl (C=O) groups excluding carboxylic acids is 1. The van der Waals surface area contributed by atoms with Crippen LogP contribution in [0.5, 0.6) is 0 Å². The molecule has 1 unspecified atom stereocenters. The first-order valence-corrected chi connectivity index (χ1v) is 13.6. The molecule has 1 saturated heterocycles. The van der Waals surface area contributed by atoms with Crippen molar-refractivity contribution in [3.05, 3.63) is 54.1 Å². The number of hydrogen-bond donors (Lipinski definition) is 3. The van der Waals surface area contributed by atoms with Crippen molar-refractivity contribution < 1.29 is 17.9 Å². The van der Waals surface area contributed by atoms with Gasteiger partial charge in [-0.2, -0.15) is 0 Å². The Balaban J connectivity index is 1.30. The summed E-state index contributed by atoms with van der Waals surface area (Å²) in [7, 11) is -3.71. The lowest BCUT2D eigenvalue weighted by Crippen LogP contribution is -2.27. The van der Waals surface area contributed by atoms with E-state index in [9.17, 15) is 13.2 Å². The third-order valence-electron chi connectivity index (χ3n) is 5.42. The first kappa shape index (κ1) is 24.4. The largest absolute Gasteiger partial charge is 0.376 e. The SMILES string of the molecule is NS(=O)(=O)c1ccc(CCNC(=O)CSc2nc(NCC3CCCO3)c3ccccc3n2)cc1. The van der Waals surface area contributed by atoms with Gasteiger partial charge in [0.05, 0.1) is 22.3 Å². The van der Waals surface area contributed by atoms with Gasteiger partial charge in [-0.1, -0.05) is 36.0 Å². The molecule has 4 rings (SSSR count). The summed E-state index contributed by atoms with van der Waals surface area (Å²) in [6.45, 7) is 1.92. The Kier molecular flexibility index (Phi) is 7.99. The van der Waals surface area contributed by atoms with Crippen molar-refractivity contribution in [2.24, 2.45) is 5.14 Å². The van der Waals surface area contributed by atoms with E-state index in [1.165, 1.54) is 23.9 Å². The first-order chi connectivity index (χ1) is 16.4. The number of nitrogens with two attached hydrogens (primary N) is 1. The highest BCUT2D eigenvalue weighted by Gasteiger charge is 2.17. The number of rotatable bonds is 10. The molecule has 1 amide bonds. The molecular formula is C23H27N5O4S2. The number of hydrogen-bond acceptors (Lipinski definition) is 8. The van der Waals surface area contributed by atoms with E-state index in [1.54, 1.807) is 12.1 Å². The van der Waals surface area contributed by atoms with Crippen molar-refractivity contribution in [2.45, 2.75) is 35.4 Å². The summed E-state index contributed by atoms with van der Waals surface area (Å²) in [5, 5.41) is 12.8. The van der Waals surface area contributed by atoms with E-state index < -0.39 is 10.0 Å². The van der Waals surface area contributed by atoms with Crippen molar-refractivity contribution in [3.63, 3.8) is 0 Å². The van der Waals surface area contributed by atoms with E-state index in [4.69, 9.17) is 9.88 Å². The Morgan fingerprint density at radius 3 is 2.68 bits per heavy atom. The van der Waals surface area contributed by atoms with Crippen LogP contribution >= 0.6 is 11.8 Å². The van der Waals surface area contributed by atoms with Gasteiger partial charge >= 0.3 is 0 Å². The van der Waals surface area contributed by atoms with Crippen molar-refractivity contribution in [1.29, 1.82) is 0 Å². The number of fused-ring (bicyclic) bond motifs is 1. The molecule has 2 heterocycles. The minimum atomic E-state index is -3.71. The van der Waals surface area contributed by atoms with Crippen LogP contribution < -0.4 is 15.8 Å². The van der Waals surface area contributed by atoms with Crippen LogP contribution in [0.15, 0.2) is 58.6 Å². The van der Waals surface area contributed by atoms with E-state index in [-0.39, 0.29) is 22.7 Å². The normalized spacial score (nSPS) is 16.0. The summed E-state index contributed by atoms with van der Waals surface area (Å²) in [4.78, 5) is 21.6. The van der Waals surface area contributed by atoms with Gasteiger partial charge in [-0.25, -0.2) is 23.5 Å². The number of sulfonamides is 1. The number of anilines is 1. The monoisotopic (exact) mass is 501 g/mol. The Bertz CT molecular complexity index is 1250. The third kappa shape index (κ3) is 6.66. The number of nitrogens with zero attached hydrogens (tertiary/aromatic N) is 2. The molecule has 11 heteroatoms. The van der Waals surface area contributed by atoms with Crippen LogP contribution in [-0.4, -0.2) is 55.8 Å². The average molecular weight is 502 g/mol. The minimum Gasteiger partial charge on any atom is -0.376 e. The molecule has 9 nitrogen and oxygen atoms in total. The van der Waals surface area contributed by atoms with Crippen LogP contribution in [0.2, 0.25) is 0 Å². The number of benzene rings is 2. The Hall–Kier alpha value is -2.73. The molecule has 1 fully saturated rings. The summed E-state index contributed by atoms with van der Waals surface area (Å²) in [5.41, 5.74) is 1.72. The molecule has 1 aromatic heterocycles. The molecule has 34 heavy (non-hydrogen) atoms.